The minimum absolute atomic E-state index is 0.0246. The number of rotatable bonds is 2. The van der Waals surface area contributed by atoms with Crippen molar-refractivity contribution in [1.29, 1.82) is 0 Å². The minimum Gasteiger partial charge on any atom is -0.421 e. The van der Waals surface area contributed by atoms with Gasteiger partial charge in [0.2, 0.25) is 0 Å². The lowest BCUT2D eigenvalue weighted by atomic mass is 9.65. The molecule has 1 saturated heterocycles. The average Bonchev–Trinajstić information content (AvgIpc) is 2.87. The monoisotopic (exact) mass is 374 g/mol. The van der Waals surface area contributed by atoms with E-state index in [2.05, 4.69) is 74.4 Å². The van der Waals surface area contributed by atoms with Crippen LogP contribution in [0.2, 0.25) is 0 Å². The standard InChI is InChI=1S/C21H35BO3Si/c1-12-13(2)18(23-26)14-10-11-15(19(3,4)5)17(16(12)14)22-24-20(6,7)21(8,9)25-22/h10-13,18H,1-9,26H3. The van der Waals surface area contributed by atoms with Gasteiger partial charge in [-0.25, -0.2) is 0 Å². The van der Waals surface area contributed by atoms with Gasteiger partial charge in [0.1, 0.15) is 10.5 Å². The van der Waals surface area contributed by atoms with Crippen LogP contribution in [-0.4, -0.2) is 28.8 Å². The number of hydrogen-bond donors (Lipinski definition) is 0. The Kier molecular flexibility index (Phi) is 4.80. The quantitative estimate of drug-likeness (QED) is 0.743. The zero-order valence-corrected chi connectivity index (χ0v) is 20.2. The van der Waals surface area contributed by atoms with Gasteiger partial charge in [0.15, 0.2) is 0 Å². The van der Waals surface area contributed by atoms with E-state index >= 15 is 0 Å². The Morgan fingerprint density at radius 2 is 1.58 bits per heavy atom. The van der Waals surface area contributed by atoms with Crippen LogP contribution in [-0.2, 0) is 19.1 Å². The lowest BCUT2D eigenvalue weighted by Gasteiger charge is -2.32. The first kappa shape index (κ1) is 20.1. The van der Waals surface area contributed by atoms with Crippen molar-refractivity contribution in [2.75, 3.05) is 0 Å². The lowest BCUT2D eigenvalue weighted by Crippen LogP contribution is -2.42. The summed E-state index contributed by atoms with van der Waals surface area (Å²) in [6.45, 7) is 20.0. The Bertz CT molecular complexity index is 692. The van der Waals surface area contributed by atoms with Crippen LogP contribution in [0.1, 0.15) is 91.0 Å². The van der Waals surface area contributed by atoms with Gasteiger partial charge in [-0.05, 0) is 67.1 Å². The van der Waals surface area contributed by atoms with Crippen LogP contribution < -0.4 is 5.46 Å². The summed E-state index contributed by atoms with van der Waals surface area (Å²) < 4.78 is 19.0. The van der Waals surface area contributed by atoms with Crippen LogP contribution >= 0.6 is 0 Å². The van der Waals surface area contributed by atoms with Crippen molar-refractivity contribution >= 4 is 23.1 Å². The van der Waals surface area contributed by atoms with E-state index in [1.165, 1.54) is 22.2 Å². The summed E-state index contributed by atoms with van der Waals surface area (Å²) in [5.41, 5.74) is 4.64. The van der Waals surface area contributed by atoms with E-state index in [1.54, 1.807) is 0 Å². The molecule has 3 nitrogen and oxygen atoms in total. The predicted octanol–water partition coefficient (Wildman–Crippen LogP) is 3.37. The SMILES string of the molecule is CC1c2c(ccc(C(C)(C)C)c2B2OC(C)(C)C(C)(C)O2)C(O[SiH3])C1C. The van der Waals surface area contributed by atoms with Gasteiger partial charge in [-0.2, -0.15) is 0 Å². The summed E-state index contributed by atoms with van der Waals surface area (Å²) in [7, 11) is 0.421. The molecule has 1 heterocycles. The van der Waals surface area contributed by atoms with Crippen LogP contribution in [0.25, 0.3) is 0 Å². The van der Waals surface area contributed by atoms with Crippen molar-refractivity contribution in [3.63, 3.8) is 0 Å². The summed E-state index contributed by atoms with van der Waals surface area (Å²) in [6, 6.07) is 4.56. The summed E-state index contributed by atoms with van der Waals surface area (Å²) in [5.74, 6) is 0.902. The second-order valence-corrected chi connectivity index (χ2v) is 10.6. The highest BCUT2D eigenvalue weighted by Crippen LogP contribution is 2.48. The van der Waals surface area contributed by atoms with Gasteiger partial charge in [-0.3, -0.25) is 0 Å². The van der Waals surface area contributed by atoms with Crippen molar-refractivity contribution < 1.29 is 13.7 Å². The normalized spacial score (nSPS) is 30.0. The number of benzene rings is 1. The van der Waals surface area contributed by atoms with Crippen LogP contribution in [0, 0.1) is 5.92 Å². The summed E-state index contributed by atoms with van der Waals surface area (Å²) in [4.78, 5) is 0. The maximum Gasteiger partial charge on any atom is 0.495 e. The molecule has 1 aromatic rings. The first-order chi connectivity index (χ1) is 11.8. The van der Waals surface area contributed by atoms with Crippen molar-refractivity contribution in [3.05, 3.63) is 28.8 Å². The third-order valence-corrected chi connectivity index (χ3v) is 7.41. The molecule has 2 aliphatic rings. The summed E-state index contributed by atoms with van der Waals surface area (Å²) in [6.07, 6.45) is 0.196. The predicted molar refractivity (Wildman–Crippen MR) is 112 cm³/mol. The Morgan fingerprint density at radius 3 is 2.04 bits per heavy atom. The van der Waals surface area contributed by atoms with Crippen LogP contribution in [0.3, 0.4) is 0 Å². The molecule has 1 fully saturated rings. The van der Waals surface area contributed by atoms with Crippen LogP contribution in [0.5, 0.6) is 0 Å². The molecule has 1 aromatic carbocycles. The molecule has 26 heavy (non-hydrogen) atoms. The van der Waals surface area contributed by atoms with Gasteiger partial charge in [-0.1, -0.05) is 46.8 Å². The second kappa shape index (κ2) is 6.20. The Hall–Kier alpha value is -0.618. The highest BCUT2D eigenvalue weighted by atomic mass is 28.2. The van der Waals surface area contributed by atoms with Crippen molar-refractivity contribution in [3.8, 4) is 0 Å². The Morgan fingerprint density at radius 1 is 1.04 bits per heavy atom. The fraction of sp³-hybridized carbons (Fsp3) is 0.714. The van der Waals surface area contributed by atoms with E-state index in [1.807, 2.05) is 0 Å². The van der Waals surface area contributed by atoms with E-state index in [-0.39, 0.29) is 29.8 Å². The first-order valence-electron chi connectivity index (χ1n) is 9.87. The lowest BCUT2D eigenvalue weighted by molar-refractivity contribution is 0.00578. The molecule has 0 saturated carbocycles. The topological polar surface area (TPSA) is 27.7 Å². The molecule has 1 aliphatic heterocycles. The fourth-order valence-corrected chi connectivity index (χ4v) is 5.11. The number of hydrogen-bond acceptors (Lipinski definition) is 3. The molecule has 1 aliphatic carbocycles. The molecule has 0 bridgehead atoms. The molecule has 0 N–H and O–H groups in total. The summed E-state index contributed by atoms with van der Waals surface area (Å²) >= 11 is 0. The zero-order chi connectivity index (χ0) is 19.7. The average molecular weight is 374 g/mol. The zero-order valence-electron chi connectivity index (χ0n) is 18.2. The Balaban J connectivity index is 2.23. The third kappa shape index (κ3) is 2.92. The highest BCUT2D eigenvalue weighted by molar-refractivity contribution is 6.63. The molecule has 144 valence electrons. The van der Waals surface area contributed by atoms with Gasteiger partial charge in [0.05, 0.1) is 17.3 Å². The van der Waals surface area contributed by atoms with Gasteiger partial charge < -0.3 is 13.7 Å². The van der Waals surface area contributed by atoms with Crippen LogP contribution in [0.15, 0.2) is 12.1 Å². The van der Waals surface area contributed by atoms with Crippen molar-refractivity contribution in [2.24, 2.45) is 5.92 Å². The third-order valence-electron chi connectivity index (χ3n) is 6.90. The Labute approximate surface area is 162 Å². The fourth-order valence-electron chi connectivity index (χ4n) is 4.43. The van der Waals surface area contributed by atoms with Crippen molar-refractivity contribution in [2.45, 2.75) is 91.0 Å². The maximum absolute atomic E-state index is 6.51. The molecule has 0 aromatic heterocycles. The van der Waals surface area contributed by atoms with Gasteiger partial charge in [-0.15, -0.1) is 0 Å². The smallest absolute Gasteiger partial charge is 0.421 e. The molecule has 3 rings (SSSR count). The molecule has 0 radical (unpaired) electrons. The second-order valence-electron chi connectivity index (χ2n) is 10.2. The number of fused-ring (bicyclic) bond motifs is 1. The van der Waals surface area contributed by atoms with Crippen LogP contribution in [0.4, 0.5) is 0 Å². The molecular formula is C21H35BO3Si. The minimum atomic E-state index is -0.337. The molecule has 3 unspecified atom stereocenters. The largest absolute Gasteiger partial charge is 0.495 e. The van der Waals surface area contributed by atoms with E-state index in [9.17, 15) is 0 Å². The molecule has 0 spiro atoms. The molecule has 0 amide bonds. The van der Waals surface area contributed by atoms with Crippen molar-refractivity contribution in [1.82, 2.24) is 0 Å². The molecule has 5 heteroatoms. The van der Waals surface area contributed by atoms with Gasteiger partial charge in [0.25, 0.3) is 0 Å². The van der Waals surface area contributed by atoms with Gasteiger partial charge in [0, 0.05) is 0 Å². The van der Waals surface area contributed by atoms with Gasteiger partial charge >= 0.3 is 7.12 Å². The van der Waals surface area contributed by atoms with E-state index in [0.717, 1.165) is 10.5 Å². The molecule has 3 atom stereocenters. The van der Waals surface area contributed by atoms with E-state index < -0.39 is 0 Å². The first-order valence-corrected chi connectivity index (χ1v) is 10.7. The van der Waals surface area contributed by atoms with E-state index in [4.69, 9.17) is 13.7 Å². The maximum atomic E-state index is 6.51. The molecular weight excluding hydrogens is 339 g/mol. The summed E-state index contributed by atoms with van der Waals surface area (Å²) in [5, 5.41) is 0. The highest BCUT2D eigenvalue weighted by Gasteiger charge is 2.54. The van der Waals surface area contributed by atoms with E-state index in [0.29, 0.717) is 11.8 Å².